The fourth-order valence-electron chi connectivity index (χ4n) is 2.48. The van der Waals surface area contributed by atoms with Crippen LogP contribution < -0.4 is 5.46 Å². The van der Waals surface area contributed by atoms with Gasteiger partial charge in [0.05, 0.1) is 17.3 Å². The summed E-state index contributed by atoms with van der Waals surface area (Å²) in [6, 6.07) is 9.39. The zero-order chi connectivity index (χ0) is 15.9. The van der Waals surface area contributed by atoms with Gasteiger partial charge in [-0.05, 0) is 47.3 Å². The van der Waals surface area contributed by atoms with Crippen LogP contribution in [0.25, 0.3) is 0 Å². The Hall–Kier alpha value is -1.83. The Morgan fingerprint density at radius 1 is 1.23 bits per heavy atom. The first-order valence-corrected chi connectivity index (χ1v) is 8.46. The molecule has 2 aromatic carbocycles. The molecule has 0 fully saturated rings. The molecule has 114 valence electrons. The van der Waals surface area contributed by atoms with Crippen LogP contribution in [0.4, 0.5) is 0 Å². The average molecular weight is 318 g/mol. The molecule has 3 rings (SSSR count). The van der Waals surface area contributed by atoms with Crippen molar-refractivity contribution in [1.29, 1.82) is 0 Å². The Kier molecular flexibility index (Phi) is 3.72. The van der Waals surface area contributed by atoms with Gasteiger partial charge in [-0.2, -0.15) is 0 Å². The summed E-state index contributed by atoms with van der Waals surface area (Å²) in [5.41, 5.74) is 2.59. The number of aromatic hydroxyl groups is 1. The van der Waals surface area contributed by atoms with E-state index in [1.807, 2.05) is 0 Å². The molecule has 0 aliphatic carbocycles. The first-order valence-electron chi connectivity index (χ1n) is 6.80. The number of fused-ring (bicyclic) bond motifs is 1. The fraction of sp³-hybridized carbons (Fsp3) is 0.200. The molecule has 2 aromatic rings. The second-order valence-electron chi connectivity index (χ2n) is 5.40. The molecule has 0 atom stereocenters. The van der Waals surface area contributed by atoms with E-state index in [-0.39, 0.29) is 16.4 Å². The van der Waals surface area contributed by atoms with Gasteiger partial charge in [0.15, 0.2) is 9.84 Å². The molecular formula is C15H15BO5S. The van der Waals surface area contributed by atoms with Gasteiger partial charge in [-0.15, -0.1) is 0 Å². The van der Waals surface area contributed by atoms with Crippen LogP contribution >= 0.6 is 0 Å². The minimum absolute atomic E-state index is 0.0664. The van der Waals surface area contributed by atoms with Crippen LogP contribution in [0.2, 0.25) is 0 Å². The third kappa shape index (κ3) is 2.75. The third-order valence-electron chi connectivity index (χ3n) is 3.76. The van der Waals surface area contributed by atoms with Crippen molar-refractivity contribution in [1.82, 2.24) is 0 Å². The molecule has 2 N–H and O–H groups in total. The number of hydrogen-bond acceptors (Lipinski definition) is 5. The van der Waals surface area contributed by atoms with Crippen LogP contribution in [0.5, 0.6) is 5.75 Å². The topological polar surface area (TPSA) is 83.8 Å². The summed E-state index contributed by atoms with van der Waals surface area (Å²) < 4.78 is 30.0. The monoisotopic (exact) mass is 318 g/mol. The molecule has 0 unspecified atom stereocenters. The standard InChI is InChI=1S/C15H15BO5S/c1-10-6-13(4-5-15(10)17)22(19,20)9-11-2-3-12-8-21-16(18)14(12)7-11/h2-7,17-18H,8-9H2,1H3. The molecular weight excluding hydrogens is 303 g/mol. The van der Waals surface area contributed by atoms with Crippen molar-refractivity contribution in [2.45, 2.75) is 24.2 Å². The quantitative estimate of drug-likeness (QED) is 0.821. The summed E-state index contributed by atoms with van der Waals surface area (Å²) in [5.74, 6) is -0.103. The van der Waals surface area contributed by atoms with E-state index in [0.29, 0.717) is 23.2 Å². The summed E-state index contributed by atoms with van der Waals surface area (Å²) in [5, 5.41) is 19.2. The normalized spacial score (nSPS) is 14.2. The molecule has 0 saturated carbocycles. The van der Waals surface area contributed by atoms with Crippen molar-refractivity contribution in [3.8, 4) is 5.75 Å². The highest BCUT2D eigenvalue weighted by Crippen LogP contribution is 2.23. The first kappa shape index (κ1) is 15.1. The maximum atomic E-state index is 12.5. The molecule has 1 aliphatic rings. The highest BCUT2D eigenvalue weighted by atomic mass is 32.2. The zero-order valence-electron chi connectivity index (χ0n) is 12.0. The molecule has 1 aliphatic heterocycles. The molecule has 0 radical (unpaired) electrons. The van der Waals surface area contributed by atoms with Crippen molar-refractivity contribution < 1.29 is 23.2 Å². The van der Waals surface area contributed by atoms with Gasteiger partial charge in [0, 0.05) is 0 Å². The van der Waals surface area contributed by atoms with Crippen molar-refractivity contribution in [2.24, 2.45) is 0 Å². The highest BCUT2D eigenvalue weighted by Gasteiger charge is 2.28. The van der Waals surface area contributed by atoms with Gasteiger partial charge < -0.3 is 14.8 Å². The average Bonchev–Trinajstić information content (AvgIpc) is 2.83. The van der Waals surface area contributed by atoms with E-state index in [1.54, 1.807) is 25.1 Å². The first-order chi connectivity index (χ1) is 10.4. The van der Waals surface area contributed by atoms with Gasteiger partial charge in [0.2, 0.25) is 0 Å². The zero-order valence-corrected chi connectivity index (χ0v) is 12.8. The second kappa shape index (κ2) is 5.42. The van der Waals surface area contributed by atoms with E-state index >= 15 is 0 Å². The number of phenolic OH excluding ortho intramolecular Hbond substituents is 1. The Labute approximate surface area is 129 Å². The Balaban J connectivity index is 1.91. The predicted molar refractivity (Wildman–Crippen MR) is 82.6 cm³/mol. The molecule has 7 heteroatoms. The number of benzene rings is 2. The lowest BCUT2D eigenvalue weighted by Gasteiger charge is -2.08. The predicted octanol–water partition coefficient (Wildman–Crippen LogP) is 0.892. The molecule has 0 amide bonds. The lowest BCUT2D eigenvalue weighted by atomic mass is 9.79. The minimum atomic E-state index is -3.52. The summed E-state index contributed by atoms with van der Waals surface area (Å²) in [7, 11) is -4.51. The van der Waals surface area contributed by atoms with E-state index in [0.717, 1.165) is 5.56 Å². The maximum absolute atomic E-state index is 12.5. The molecule has 22 heavy (non-hydrogen) atoms. The molecule has 5 nitrogen and oxygen atoms in total. The van der Waals surface area contributed by atoms with Gasteiger partial charge in [0.25, 0.3) is 0 Å². The second-order valence-corrected chi connectivity index (χ2v) is 7.39. The van der Waals surface area contributed by atoms with Crippen LogP contribution in [0.1, 0.15) is 16.7 Å². The summed E-state index contributed by atoms with van der Waals surface area (Å²) in [4.78, 5) is 0.167. The number of sulfone groups is 1. The maximum Gasteiger partial charge on any atom is 0.491 e. The summed E-state index contributed by atoms with van der Waals surface area (Å²) in [6.45, 7) is 1.98. The van der Waals surface area contributed by atoms with Gasteiger partial charge >= 0.3 is 7.12 Å². The molecule has 0 saturated heterocycles. The van der Waals surface area contributed by atoms with Crippen molar-refractivity contribution >= 4 is 22.4 Å². The van der Waals surface area contributed by atoms with Gasteiger partial charge in [-0.3, -0.25) is 0 Å². The van der Waals surface area contributed by atoms with Gasteiger partial charge in [0.1, 0.15) is 5.75 Å². The number of phenols is 1. The third-order valence-corrected chi connectivity index (χ3v) is 5.44. The van der Waals surface area contributed by atoms with Gasteiger partial charge in [-0.25, -0.2) is 8.42 Å². The number of rotatable bonds is 3. The summed E-state index contributed by atoms with van der Waals surface area (Å²) >= 11 is 0. The number of hydrogen-bond donors (Lipinski definition) is 2. The Morgan fingerprint density at radius 2 is 2.00 bits per heavy atom. The summed E-state index contributed by atoms with van der Waals surface area (Å²) in [6.07, 6.45) is 0. The number of aryl methyl sites for hydroxylation is 1. The minimum Gasteiger partial charge on any atom is -0.508 e. The molecule has 0 bridgehead atoms. The van der Waals surface area contributed by atoms with Crippen LogP contribution in [0.3, 0.4) is 0 Å². The molecule has 0 aromatic heterocycles. The van der Waals surface area contributed by atoms with E-state index in [9.17, 15) is 18.5 Å². The highest BCUT2D eigenvalue weighted by molar-refractivity contribution is 7.90. The fourth-order valence-corrected chi connectivity index (χ4v) is 3.89. The van der Waals surface area contributed by atoms with E-state index < -0.39 is 17.0 Å². The van der Waals surface area contributed by atoms with Crippen LogP contribution in [-0.2, 0) is 26.9 Å². The Morgan fingerprint density at radius 3 is 2.73 bits per heavy atom. The smallest absolute Gasteiger partial charge is 0.491 e. The van der Waals surface area contributed by atoms with Crippen molar-refractivity contribution in [2.75, 3.05) is 0 Å². The van der Waals surface area contributed by atoms with Crippen LogP contribution in [0, 0.1) is 6.92 Å². The lowest BCUT2D eigenvalue weighted by molar-refractivity contribution is 0.275. The van der Waals surface area contributed by atoms with Crippen LogP contribution in [-0.4, -0.2) is 25.7 Å². The largest absolute Gasteiger partial charge is 0.508 e. The molecule has 0 spiro atoms. The van der Waals surface area contributed by atoms with Gasteiger partial charge in [-0.1, -0.05) is 18.2 Å². The van der Waals surface area contributed by atoms with E-state index in [2.05, 4.69) is 0 Å². The van der Waals surface area contributed by atoms with E-state index in [4.69, 9.17) is 4.65 Å². The lowest BCUT2D eigenvalue weighted by Crippen LogP contribution is -2.28. The molecule has 1 heterocycles. The van der Waals surface area contributed by atoms with Crippen LogP contribution in [0.15, 0.2) is 41.3 Å². The van der Waals surface area contributed by atoms with E-state index in [1.165, 1.54) is 18.2 Å². The SMILES string of the molecule is Cc1cc(S(=O)(=O)Cc2ccc3c(c2)B(O)OC3)ccc1O. The Bertz CT molecular complexity index is 832. The van der Waals surface area contributed by atoms with Crippen molar-refractivity contribution in [3.63, 3.8) is 0 Å². The van der Waals surface area contributed by atoms with Crippen molar-refractivity contribution in [3.05, 3.63) is 53.1 Å².